The molecule has 1 aromatic rings. The molecular formula is C14H16O2. The van der Waals surface area contributed by atoms with E-state index in [0.29, 0.717) is 0 Å². The van der Waals surface area contributed by atoms with Gasteiger partial charge in [0.25, 0.3) is 0 Å². The summed E-state index contributed by atoms with van der Waals surface area (Å²) in [6.45, 7) is 7.99. The first-order valence-corrected chi connectivity index (χ1v) is 5.43. The van der Waals surface area contributed by atoms with Crippen LogP contribution in [0, 0.1) is 13.8 Å². The number of ether oxygens (including phenoxy) is 1. The predicted octanol–water partition coefficient (Wildman–Crippen LogP) is 3.02. The van der Waals surface area contributed by atoms with Crippen molar-refractivity contribution in [3.8, 4) is 0 Å². The maximum absolute atomic E-state index is 11.3. The number of aryl methyl sites for hydroxylation is 1. The second kappa shape index (κ2) is 3.48. The summed E-state index contributed by atoms with van der Waals surface area (Å²) in [7, 11) is 0. The van der Waals surface area contributed by atoms with Crippen molar-refractivity contribution in [3.05, 3.63) is 41.0 Å². The Morgan fingerprint density at radius 2 is 1.88 bits per heavy atom. The van der Waals surface area contributed by atoms with Gasteiger partial charge in [-0.2, -0.15) is 0 Å². The minimum absolute atomic E-state index is 0.249. The summed E-state index contributed by atoms with van der Waals surface area (Å²) < 4.78 is 5.28. The molecule has 1 aliphatic heterocycles. The van der Waals surface area contributed by atoms with Crippen molar-refractivity contribution in [2.75, 3.05) is 0 Å². The fourth-order valence-electron chi connectivity index (χ4n) is 2.07. The number of benzene rings is 1. The highest BCUT2D eigenvalue weighted by molar-refractivity contribution is 5.99. The summed E-state index contributed by atoms with van der Waals surface area (Å²) in [5.74, 6) is -0.249. The second-order valence-corrected chi connectivity index (χ2v) is 4.74. The van der Waals surface area contributed by atoms with E-state index in [2.05, 4.69) is 19.9 Å². The van der Waals surface area contributed by atoms with Gasteiger partial charge in [0.05, 0.1) is 0 Å². The largest absolute Gasteiger partial charge is 0.452 e. The summed E-state index contributed by atoms with van der Waals surface area (Å²) in [4.78, 5) is 11.3. The van der Waals surface area contributed by atoms with E-state index in [0.717, 1.165) is 11.1 Å². The topological polar surface area (TPSA) is 26.3 Å². The monoisotopic (exact) mass is 216 g/mol. The lowest BCUT2D eigenvalue weighted by atomic mass is 9.88. The van der Waals surface area contributed by atoms with Crippen LogP contribution in [0.15, 0.2) is 24.3 Å². The lowest BCUT2D eigenvalue weighted by molar-refractivity contribution is -0.142. The molecule has 0 radical (unpaired) electrons. The average molecular weight is 216 g/mol. The summed E-state index contributed by atoms with van der Waals surface area (Å²) in [5, 5.41) is 0. The first-order valence-electron chi connectivity index (χ1n) is 5.43. The molecule has 1 aliphatic rings. The van der Waals surface area contributed by atoms with Crippen LogP contribution in [0.4, 0.5) is 0 Å². The Morgan fingerprint density at radius 3 is 2.44 bits per heavy atom. The Kier molecular flexibility index (Phi) is 2.38. The van der Waals surface area contributed by atoms with Gasteiger partial charge in [-0.15, -0.1) is 0 Å². The van der Waals surface area contributed by atoms with Crippen molar-refractivity contribution in [2.45, 2.75) is 33.3 Å². The zero-order valence-electron chi connectivity index (χ0n) is 10.1. The number of esters is 1. The Hall–Kier alpha value is -1.57. The first kappa shape index (κ1) is 10.9. The van der Waals surface area contributed by atoms with Crippen LogP contribution in [0.25, 0.3) is 5.57 Å². The van der Waals surface area contributed by atoms with E-state index in [1.54, 1.807) is 6.08 Å². The van der Waals surface area contributed by atoms with Gasteiger partial charge < -0.3 is 4.74 Å². The van der Waals surface area contributed by atoms with E-state index in [4.69, 9.17) is 4.74 Å². The van der Waals surface area contributed by atoms with E-state index < -0.39 is 5.60 Å². The fraction of sp³-hybridized carbons (Fsp3) is 0.357. The number of carbonyl (C=O) groups is 1. The molecule has 0 amide bonds. The Labute approximate surface area is 95.9 Å². The average Bonchev–Trinajstić information content (AvgIpc) is 2.44. The summed E-state index contributed by atoms with van der Waals surface area (Å²) in [6, 6.07) is 6.12. The van der Waals surface area contributed by atoms with E-state index in [-0.39, 0.29) is 5.97 Å². The van der Waals surface area contributed by atoms with Crippen molar-refractivity contribution in [1.82, 2.24) is 0 Å². The Morgan fingerprint density at radius 1 is 1.19 bits per heavy atom. The van der Waals surface area contributed by atoms with Crippen LogP contribution in [-0.2, 0) is 9.53 Å². The normalized spacial score (nSPS) is 18.2. The lowest BCUT2D eigenvalue weighted by Gasteiger charge is -2.23. The molecule has 0 N–H and O–H groups in total. The Bertz CT molecular complexity index is 482. The third-order valence-electron chi connectivity index (χ3n) is 3.16. The van der Waals surface area contributed by atoms with Crippen LogP contribution < -0.4 is 0 Å². The lowest BCUT2D eigenvalue weighted by Crippen LogP contribution is -2.22. The van der Waals surface area contributed by atoms with Crippen molar-refractivity contribution < 1.29 is 9.53 Å². The highest BCUT2D eigenvalue weighted by Crippen LogP contribution is 2.37. The molecule has 2 heteroatoms. The predicted molar refractivity (Wildman–Crippen MR) is 64.1 cm³/mol. The quantitative estimate of drug-likeness (QED) is 0.674. The van der Waals surface area contributed by atoms with E-state index in [1.165, 1.54) is 11.1 Å². The molecule has 16 heavy (non-hydrogen) atoms. The van der Waals surface area contributed by atoms with Gasteiger partial charge in [0.15, 0.2) is 0 Å². The molecule has 0 bridgehead atoms. The van der Waals surface area contributed by atoms with Gasteiger partial charge in [-0.3, -0.25) is 0 Å². The van der Waals surface area contributed by atoms with Crippen molar-refractivity contribution >= 4 is 11.5 Å². The molecule has 0 aromatic heterocycles. The molecule has 0 atom stereocenters. The van der Waals surface area contributed by atoms with Crippen LogP contribution in [0.3, 0.4) is 0 Å². The van der Waals surface area contributed by atoms with Gasteiger partial charge in [0.1, 0.15) is 5.60 Å². The summed E-state index contributed by atoms with van der Waals surface area (Å²) >= 11 is 0. The number of cyclic esters (lactones) is 1. The molecule has 2 rings (SSSR count). The molecule has 0 saturated carbocycles. The molecule has 1 heterocycles. The van der Waals surface area contributed by atoms with E-state index >= 15 is 0 Å². The van der Waals surface area contributed by atoms with Gasteiger partial charge in [0.2, 0.25) is 0 Å². The summed E-state index contributed by atoms with van der Waals surface area (Å²) in [5.41, 5.74) is 4.00. The van der Waals surface area contributed by atoms with Crippen molar-refractivity contribution in [3.63, 3.8) is 0 Å². The molecule has 0 unspecified atom stereocenters. The number of carbonyl (C=O) groups excluding carboxylic acids is 1. The minimum atomic E-state index is -0.518. The van der Waals surface area contributed by atoms with Gasteiger partial charge >= 0.3 is 5.97 Å². The van der Waals surface area contributed by atoms with E-state index in [9.17, 15) is 4.79 Å². The SMILES string of the molecule is Cc1cccc(C2=CC(=O)OC2(C)C)c1C. The third-order valence-corrected chi connectivity index (χ3v) is 3.16. The first-order chi connectivity index (χ1) is 7.42. The highest BCUT2D eigenvalue weighted by Gasteiger charge is 2.35. The third kappa shape index (κ3) is 1.64. The van der Waals surface area contributed by atoms with Crippen LogP contribution in [0.5, 0.6) is 0 Å². The zero-order chi connectivity index (χ0) is 11.9. The van der Waals surface area contributed by atoms with Crippen molar-refractivity contribution in [1.29, 1.82) is 0 Å². The molecule has 0 spiro atoms. The van der Waals surface area contributed by atoms with Gasteiger partial charge in [-0.1, -0.05) is 18.2 Å². The molecule has 2 nitrogen and oxygen atoms in total. The second-order valence-electron chi connectivity index (χ2n) is 4.74. The molecular weight excluding hydrogens is 200 g/mol. The molecule has 0 aliphatic carbocycles. The van der Waals surface area contributed by atoms with Gasteiger partial charge in [-0.25, -0.2) is 4.79 Å². The van der Waals surface area contributed by atoms with Gasteiger partial charge in [0, 0.05) is 11.6 Å². The van der Waals surface area contributed by atoms with Crippen LogP contribution in [0.1, 0.15) is 30.5 Å². The molecule has 1 aromatic carbocycles. The maximum Gasteiger partial charge on any atom is 0.332 e. The molecule has 0 saturated heterocycles. The number of rotatable bonds is 1. The van der Waals surface area contributed by atoms with Crippen LogP contribution in [-0.4, -0.2) is 11.6 Å². The summed E-state index contributed by atoms with van der Waals surface area (Å²) in [6.07, 6.45) is 1.60. The number of hydrogen-bond acceptors (Lipinski definition) is 2. The van der Waals surface area contributed by atoms with Crippen molar-refractivity contribution in [2.24, 2.45) is 0 Å². The standard InChI is InChI=1S/C14H16O2/c1-9-6-5-7-11(10(9)2)12-8-13(15)16-14(12,3)4/h5-8H,1-4H3. The van der Waals surface area contributed by atoms with Gasteiger partial charge in [-0.05, 0) is 44.4 Å². The maximum atomic E-state index is 11.3. The zero-order valence-corrected chi connectivity index (χ0v) is 10.1. The highest BCUT2D eigenvalue weighted by atomic mass is 16.6. The molecule has 0 fully saturated rings. The molecule has 84 valence electrons. The number of hydrogen-bond donors (Lipinski definition) is 0. The fourth-order valence-corrected chi connectivity index (χ4v) is 2.07. The van der Waals surface area contributed by atoms with Crippen LogP contribution >= 0.6 is 0 Å². The smallest absolute Gasteiger partial charge is 0.332 e. The van der Waals surface area contributed by atoms with E-state index in [1.807, 2.05) is 26.0 Å². The minimum Gasteiger partial charge on any atom is -0.452 e. The Balaban J connectivity index is 2.57. The van der Waals surface area contributed by atoms with Crippen LogP contribution in [0.2, 0.25) is 0 Å².